The number of anilines is 1. The molecule has 1 aliphatic rings. The number of hydrogen-bond donors (Lipinski definition) is 2. The van der Waals surface area contributed by atoms with Crippen molar-refractivity contribution in [3.05, 3.63) is 75.1 Å². The van der Waals surface area contributed by atoms with Gasteiger partial charge in [-0.1, -0.05) is 44.2 Å². The normalized spacial score (nSPS) is 16.2. The van der Waals surface area contributed by atoms with Crippen LogP contribution in [-0.4, -0.2) is 45.6 Å². The first-order chi connectivity index (χ1) is 16.4. The molecule has 2 heterocycles. The van der Waals surface area contributed by atoms with E-state index in [1.165, 1.54) is 17.5 Å². The largest absolute Gasteiger partial charge is 0.343 e. The summed E-state index contributed by atoms with van der Waals surface area (Å²) in [4.78, 5) is 21.0. The molecule has 0 spiro atoms. The van der Waals surface area contributed by atoms with Gasteiger partial charge >= 0.3 is 0 Å². The van der Waals surface area contributed by atoms with Gasteiger partial charge in [0.15, 0.2) is 5.11 Å². The fourth-order valence-electron chi connectivity index (χ4n) is 5.03. The van der Waals surface area contributed by atoms with E-state index >= 15 is 0 Å². The summed E-state index contributed by atoms with van der Waals surface area (Å²) in [6, 6.07) is 15.0. The number of nitrogens with zero attached hydrogens (tertiary/aromatic N) is 2. The quantitative estimate of drug-likeness (QED) is 0.448. The molecule has 180 valence electrons. The smallest absolute Gasteiger partial charge is 0.253 e. The Morgan fingerprint density at radius 1 is 1.18 bits per heavy atom. The zero-order valence-corrected chi connectivity index (χ0v) is 21.6. The van der Waals surface area contributed by atoms with Crippen LogP contribution in [0.2, 0.25) is 0 Å². The van der Waals surface area contributed by atoms with Crippen LogP contribution in [0, 0.1) is 13.8 Å². The summed E-state index contributed by atoms with van der Waals surface area (Å²) >= 11 is 5.93. The Labute approximate surface area is 208 Å². The van der Waals surface area contributed by atoms with Crippen LogP contribution in [0.4, 0.5) is 5.69 Å². The number of likely N-dealkylation sites (tertiary alicyclic amines) is 1. The van der Waals surface area contributed by atoms with E-state index in [9.17, 15) is 4.79 Å². The maximum absolute atomic E-state index is 13.1. The molecule has 6 heteroatoms. The molecule has 1 atom stereocenters. The third kappa shape index (κ3) is 5.18. The van der Waals surface area contributed by atoms with Crippen molar-refractivity contribution >= 4 is 33.9 Å². The Morgan fingerprint density at radius 2 is 1.97 bits per heavy atom. The van der Waals surface area contributed by atoms with Gasteiger partial charge in [0.25, 0.3) is 5.56 Å². The minimum Gasteiger partial charge on any atom is -0.343 e. The number of benzene rings is 2. The lowest BCUT2D eigenvalue weighted by molar-refractivity contribution is 0.221. The fraction of sp³-hybridized carbons (Fsp3) is 0.429. The van der Waals surface area contributed by atoms with Gasteiger partial charge in [0.05, 0.1) is 12.1 Å². The molecule has 0 bridgehead atoms. The Morgan fingerprint density at radius 3 is 2.74 bits per heavy atom. The third-order valence-corrected chi connectivity index (χ3v) is 7.61. The monoisotopic (exact) mass is 476 g/mol. The summed E-state index contributed by atoms with van der Waals surface area (Å²) in [6.07, 6.45) is 3.30. The van der Waals surface area contributed by atoms with Crippen LogP contribution in [0.1, 0.15) is 48.9 Å². The number of rotatable bonds is 7. The maximum Gasteiger partial charge on any atom is 0.253 e. The van der Waals surface area contributed by atoms with E-state index in [1.54, 1.807) is 0 Å². The number of aryl methyl sites for hydroxylation is 3. The van der Waals surface area contributed by atoms with E-state index < -0.39 is 0 Å². The first kappa shape index (κ1) is 24.4. The molecule has 0 aliphatic carbocycles. The van der Waals surface area contributed by atoms with Crippen LogP contribution in [0.3, 0.4) is 0 Å². The van der Waals surface area contributed by atoms with Crippen molar-refractivity contribution in [1.29, 1.82) is 0 Å². The molecule has 1 aromatic heterocycles. The lowest BCUT2D eigenvalue weighted by Gasteiger charge is -2.32. The van der Waals surface area contributed by atoms with Gasteiger partial charge in [-0.05, 0) is 92.6 Å². The molecule has 1 unspecified atom stereocenters. The van der Waals surface area contributed by atoms with Crippen molar-refractivity contribution in [3.8, 4) is 0 Å². The number of pyridine rings is 1. The van der Waals surface area contributed by atoms with Crippen LogP contribution in [-0.2, 0) is 13.0 Å². The van der Waals surface area contributed by atoms with E-state index in [2.05, 4.69) is 78.1 Å². The number of fused-ring (bicyclic) bond motifs is 1. The molecule has 4 rings (SSSR count). The Bertz CT molecular complexity index is 1230. The first-order valence-corrected chi connectivity index (χ1v) is 12.8. The number of thiocarbonyl (C=S) groups is 1. The number of nitrogens with one attached hydrogen (secondary N) is 2. The van der Waals surface area contributed by atoms with Crippen LogP contribution in [0.5, 0.6) is 0 Å². The van der Waals surface area contributed by atoms with Gasteiger partial charge in [-0.25, -0.2) is 0 Å². The molecule has 1 saturated heterocycles. The van der Waals surface area contributed by atoms with E-state index in [1.807, 2.05) is 12.1 Å². The number of aromatic nitrogens is 1. The Balaban J connectivity index is 1.65. The van der Waals surface area contributed by atoms with Gasteiger partial charge in [0.2, 0.25) is 0 Å². The van der Waals surface area contributed by atoms with Gasteiger partial charge < -0.3 is 15.2 Å². The zero-order valence-electron chi connectivity index (χ0n) is 20.8. The van der Waals surface area contributed by atoms with E-state index in [0.29, 0.717) is 17.7 Å². The van der Waals surface area contributed by atoms with Crippen molar-refractivity contribution in [2.45, 2.75) is 59.5 Å². The minimum absolute atomic E-state index is 0.0401. The van der Waals surface area contributed by atoms with E-state index in [4.69, 9.17) is 12.2 Å². The van der Waals surface area contributed by atoms with Gasteiger partial charge in [0.1, 0.15) is 0 Å². The SMILES string of the molecule is CCc1ccccc1NC(=S)N(Cc1cc2ccc(C)c(C)c2[nH]c1=O)CC1CCCN1CC. The third-order valence-electron chi connectivity index (χ3n) is 7.25. The minimum atomic E-state index is -0.0401. The summed E-state index contributed by atoms with van der Waals surface area (Å²) in [5.41, 5.74) is 6.19. The molecule has 0 amide bonds. The summed E-state index contributed by atoms with van der Waals surface area (Å²) in [5.74, 6) is 0. The highest BCUT2D eigenvalue weighted by atomic mass is 32.1. The molecule has 5 nitrogen and oxygen atoms in total. The van der Waals surface area contributed by atoms with Crippen LogP contribution in [0.25, 0.3) is 10.9 Å². The van der Waals surface area contributed by atoms with E-state index in [0.717, 1.165) is 60.2 Å². The summed E-state index contributed by atoms with van der Waals surface area (Å²) < 4.78 is 0. The van der Waals surface area contributed by atoms with Gasteiger partial charge in [-0.3, -0.25) is 9.69 Å². The van der Waals surface area contributed by atoms with Crippen molar-refractivity contribution < 1.29 is 0 Å². The van der Waals surface area contributed by atoms with Gasteiger partial charge in [0, 0.05) is 23.8 Å². The predicted octanol–water partition coefficient (Wildman–Crippen LogP) is 5.39. The van der Waals surface area contributed by atoms with Crippen molar-refractivity contribution in [2.24, 2.45) is 0 Å². The van der Waals surface area contributed by atoms with Crippen LogP contribution < -0.4 is 10.9 Å². The number of likely N-dealkylation sites (N-methyl/N-ethyl adjacent to an activating group) is 1. The molecular weight excluding hydrogens is 440 g/mol. The predicted molar refractivity (Wildman–Crippen MR) is 147 cm³/mol. The second-order valence-corrected chi connectivity index (χ2v) is 9.73. The standard InChI is InChI=1S/C28H36N4OS/c1-5-21-10-7-8-12-25(21)29-28(34)32(18-24-11-9-15-31(24)6-2)17-23-16-22-14-13-19(3)20(4)26(22)30-27(23)33/h7-8,10,12-14,16,24H,5-6,9,11,15,17-18H2,1-4H3,(H,29,34)(H,30,33). The van der Waals surface area contributed by atoms with Crippen molar-refractivity contribution in [3.63, 3.8) is 0 Å². The summed E-state index contributed by atoms with van der Waals surface area (Å²) in [7, 11) is 0. The average Bonchev–Trinajstić information content (AvgIpc) is 3.29. The molecule has 1 fully saturated rings. The highest BCUT2D eigenvalue weighted by molar-refractivity contribution is 7.80. The fourth-order valence-corrected chi connectivity index (χ4v) is 5.28. The molecule has 3 aromatic rings. The lowest BCUT2D eigenvalue weighted by Crippen LogP contribution is -2.45. The summed E-state index contributed by atoms with van der Waals surface area (Å²) in [6.45, 7) is 11.9. The van der Waals surface area contributed by atoms with Gasteiger partial charge in [-0.15, -0.1) is 0 Å². The van der Waals surface area contributed by atoms with Crippen molar-refractivity contribution in [2.75, 3.05) is 25.0 Å². The maximum atomic E-state index is 13.1. The van der Waals surface area contributed by atoms with E-state index in [-0.39, 0.29) is 5.56 Å². The number of hydrogen-bond acceptors (Lipinski definition) is 3. The number of aromatic amines is 1. The molecule has 0 radical (unpaired) electrons. The molecule has 0 saturated carbocycles. The molecule has 2 N–H and O–H groups in total. The molecular formula is C28H36N4OS. The van der Waals surface area contributed by atoms with Gasteiger partial charge in [-0.2, -0.15) is 0 Å². The molecule has 34 heavy (non-hydrogen) atoms. The Kier molecular flexibility index (Phi) is 7.69. The Hall–Kier alpha value is -2.70. The second kappa shape index (κ2) is 10.7. The second-order valence-electron chi connectivity index (χ2n) is 9.34. The number of H-pyrrole nitrogens is 1. The van der Waals surface area contributed by atoms with Crippen LogP contribution >= 0.6 is 12.2 Å². The highest BCUT2D eigenvalue weighted by Crippen LogP contribution is 2.23. The average molecular weight is 477 g/mol. The highest BCUT2D eigenvalue weighted by Gasteiger charge is 2.27. The topological polar surface area (TPSA) is 51.4 Å². The number of para-hydroxylation sites is 1. The van der Waals surface area contributed by atoms with Crippen LogP contribution in [0.15, 0.2) is 47.3 Å². The molecule has 2 aromatic carbocycles. The summed E-state index contributed by atoms with van der Waals surface area (Å²) in [5, 5.41) is 5.22. The first-order valence-electron chi connectivity index (χ1n) is 12.4. The zero-order chi connectivity index (χ0) is 24.2. The molecule has 1 aliphatic heterocycles. The lowest BCUT2D eigenvalue weighted by atomic mass is 10.0. The van der Waals surface area contributed by atoms with Crippen molar-refractivity contribution in [1.82, 2.24) is 14.8 Å².